The molecule has 0 aliphatic heterocycles. The molecule has 19 heavy (non-hydrogen) atoms. The summed E-state index contributed by atoms with van der Waals surface area (Å²) in [5.74, 6) is -1.37. The van der Waals surface area contributed by atoms with Crippen LogP contribution in [0.15, 0.2) is 36.4 Å². The number of carbonyl (C=O) groups excluding carboxylic acids is 1. The number of nitrogen functional groups attached to an aromatic ring is 1. The number of benzene rings is 2. The molecule has 0 aromatic heterocycles. The molecule has 0 unspecified atom stereocenters. The molecule has 0 aliphatic carbocycles. The Morgan fingerprint density at radius 2 is 2.00 bits per heavy atom. The predicted molar refractivity (Wildman–Crippen MR) is 71.9 cm³/mol. The summed E-state index contributed by atoms with van der Waals surface area (Å²) in [6.07, 6.45) is 0. The Morgan fingerprint density at radius 1 is 1.26 bits per heavy atom. The predicted octanol–water partition coefficient (Wildman–Crippen LogP) is 3.02. The smallest absolute Gasteiger partial charge is 0.257 e. The third kappa shape index (κ3) is 2.95. The molecule has 4 nitrogen and oxygen atoms in total. The van der Waals surface area contributed by atoms with Crippen LogP contribution in [0.2, 0.25) is 5.02 Å². The second-order valence-corrected chi connectivity index (χ2v) is 4.26. The Kier molecular flexibility index (Phi) is 3.57. The highest BCUT2D eigenvalue weighted by molar-refractivity contribution is 6.34. The van der Waals surface area contributed by atoms with E-state index in [1.165, 1.54) is 30.3 Å². The Bertz CT molecular complexity index is 647. The van der Waals surface area contributed by atoms with E-state index in [-0.39, 0.29) is 27.7 Å². The van der Waals surface area contributed by atoms with Gasteiger partial charge in [0.05, 0.1) is 16.3 Å². The zero-order chi connectivity index (χ0) is 14.0. The molecule has 0 radical (unpaired) electrons. The van der Waals surface area contributed by atoms with E-state index in [0.717, 1.165) is 6.07 Å². The summed E-state index contributed by atoms with van der Waals surface area (Å²) in [7, 11) is 0. The molecule has 0 atom stereocenters. The number of rotatable bonds is 2. The van der Waals surface area contributed by atoms with E-state index < -0.39 is 11.7 Å². The number of aromatic hydroxyl groups is 1. The van der Waals surface area contributed by atoms with Gasteiger partial charge in [0.1, 0.15) is 11.6 Å². The van der Waals surface area contributed by atoms with Gasteiger partial charge in [0, 0.05) is 5.69 Å². The Hall–Kier alpha value is -2.27. The number of phenolic OH excluding ortho intramolecular Hbond substituents is 1. The molecule has 0 saturated carbocycles. The molecule has 6 heteroatoms. The number of halogens is 2. The average molecular weight is 281 g/mol. The second kappa shape index (κ2) is 5.16. The number of nitrogens with one attached hydrogen (secondary N) is 1. The van der Waals surface area contributed by atoms with Crippen LogP contribution < -0.4 is 11.1 Å². The lowest BCUT2D eigenvalue weighted by Crippen LogP contribution is -2.13. The molecule has 2 rings (SSSR count). The lowest BCUT2D eigenvalue weighted by molar-refractivity contribution is 0.102. The summed E-state index contributed by atoms with van der Waals surface area (Å²) in [6, 6.07) is 7.84. The van der Waals surface area contributed by atoms with Gasteiger partial charge in [-0.3, -0.25) is 4.79 Å². The van der Waals surface area contributed by atoms with Crippen molar-refractivity contribution in [1.82, 2.24) is 0 Å². The summed E-state index contributed by atoms with van der Waals surface area (Å²) in [4.78, 5) is 11.9. The Balaban J connectivity index is 2.28. The minimum Gasteiger partial charge on any atom is -0.508 e. The van der Waals surface area contributed by atoms with E-state index in [1.54, 1.807) is 0 Å². The minimum atomic E-state index is -0.648. The highest BCUT2D eigenvalue weighted by Gasteiger charge is 2.13. The fraction of sp³-hybridized carbons (Fsp3) is 0. The van der Waals surface area contributed by atoms with Crippen molar-refractivity contribution in [2.24, 2.45) is 0 Å². The van der Waals surface area contributed by atoms with Crippen LogP contribution in [0, 0.1) is 5.82 Å². The zero-order valence-electron chi connectivity index (χ0n) is 9.65. The van der Waals surface area contributed by atoms with Crippen LogP contribution in [0.4, 0.5) is 15.8 Å². The molecule has 4 N–H and O–H groups in total. The SMILES string of the molecule is Nc1ccc(NC(=O)c2cc(O)ccc2Cl)c(F)c1. The number of phenols is 1. The van der Waals surface area contributed by atoms with Crippen molar-refractivity contribution in [3.8, 4) is 5.75 Å². The molecule has 0 fully saturated rings. The van der Waals surface area contributed by atoms with Crippen LogP contribution in [-0.2, 0) is 0 Å². The maximum absolute atomic E-state index is 13.5. The van der Waals surface area contributed by atoms with E-state index in [9.17, 15) is 14.3 Å². The van der Waals surface area contributed by atoms with Crippen LogP contribution in [0.1, 0.15) is 10.4 Å². The number of hydrogen-bond acceptors (Lipinski definition) is 3. The van der Waals surface area contributed by atoms with Crippen LogP contribution in [-0.4, -0.2) is 11.0 Å². The Labute approximate surface area is 113 Å². The van der Waals surface area contributed by atoms with Crippen LogP contribution in [0.25, 0.3) is 0 Å². The van der Waals surface area contributed by atoms with Crippen molar-refractivity contribution in [2.45, 2.75) is 0 Å². The van der Waals surface area contributed by atoms with E-state index in [4.69, 9.17) is 17.3 Å². The number of anilines is 2. The third-order valence-electron chi connectivity index (χ3n) is 2.44. The van der Waals surface area contributed by atoms with Gasteiger partial charge >= 0.3 is 0 Å². The van der Waals surface area contributed by atoms with Crippen LogP contribution in [0.5, 0.6) is 5.75 Å². The van der Waals surface area contributed by atoms with Crippen molar-refractivity contribution in [3.05, 3.63) is 52.8 Å². The fourth-order valence-electron chi connectivity index (χ4n) is 1.51. The van der Waals surface area contributed by atoms with Crippen molar-refractivity contribution in [2.75, 3.05) is 11.1 Å². The summed E-state index contributed by atoms with van der Waals surface area (Å²) >= 11 is 5.84. The molecule has 2 aromatic rings. The first-order chi connectivity index (χ1) is 8.97. The topological polar surface area (TPSA) is 75.3 Å². The first kappa shape index (κ1) is 13.2. The third-order valence-corrected chi connectivity index (χ3v) is 2.77. The monoisotopic (exact) mass is 280 g/mol. The summed E-state index contributed by atoms with van der Waals surface area (Å²) in [6.45, 7) is 0. The quantitative estimate of drug-likeness (QED) is 0.740. The summed E-state index contributed by atoms with van der Waals surface area (Å²) in [5, 5.41) is 11.8. The maximum Gasteiger partial charge on any atom is 0.257 e. The molecular formula is C13H10ClFN2O2. The first-order valence-electron chi connectivity index (χ1n) is 5.32. The first-order valence-corrected chi connectivity index (χ1v) is 5.70. The molecule has 0 saturated heterocycles. The second-order valence-electron chi connectivity index (χ2n) is 3.86. The molecule has 2 aromatic carbocycles. The molecular weight excluding hydrogens is 271 g/mol. The van der Waals surface area contributed by atoms with E-state index in [1.807, 2.05) is 0 Å². The highest BCUT2D eigenvalue weighted by atomic mass is 35.5. The minimum absolute atomic E-state index is 0.0152. The van der Waals surface area contributed by atoms with E-state index >= 15 is 0 Å². The summed E-state index contributed by atoms with van der Waals surface area (Å²) in [5.41, 5.74) is 5.70. The highest BCUT2D eigenvalue weighted by Crippen LogP contribution is 2.23. The Morgan fingerprint density at radius 3 is 2.68 bits per heavy atom. The molecule has 1 amide bonds. The van der Waals surface area contributed by atoms with Gasteiger partial charge in [-0.05, 0) is 36.4 Å². The van der Waals surface area contributed by atoms with Gasteiger partial charge in [-0.2, -0.15) is 0 Å². The molecule has 0 bridgehead atoms. The van der Waals surface area contributed by atoms with E-state index in [2.05, 4.69) is 5.32 Å². The lowest BCUT2D eigenvalue weighted by Gasteiger charge is -2.08. The molecule has 98 valence electrons. The van der Waals surface area contributed by atoms with E-state index in [0.29, 0.717) is 0 Å². The van der Waals surface area contributed by atoms with Crippen LogP contribution >= 0.6 is 11.6 Å². The van der Waals surface area contributed by atoms with Crippen molar-refractivity contribution in [3.63, 3.8) is 0 Å². The van der Waals surface area contributed by atoms with Gasteiger partial charge in [0.25, 0.3) is 5.91 Å². The van der Waals surface area contributed by atoms with Gasteiger partial charge in [-0.1, -0.05) is 11.6 Å². The van der Waals surface area contributed by atoms with Gasteiger partial charge in [0.2, 0.25) is 0 Å². The zero-order valence-corrected chi connectivity index (χ0v) is 10.4. The molecule has 0 spiro atoms. The maximum atomic E-state index is 13.5. The summed E-state index contributed by atoms with van der Waals surface area (Å²) < 4.78 is 13.5. The number of carbonyl (C=O) groups is 1. The molecule has 0 heterocycles. The normalized spacial score (nSPS) is 10.2. The van der Waals surface area contributed by atoms with Gasteiger partial charge < -0.3 is 16.2 Å². The standard InChI is InChI=1S/C13H10ClFN2O2/c14-10-3-2-8(18)6-9(10)13(19)17-12-4-1-7(16)5-11(12)15/h1-6,18H,16H2,(H,17,19). The van der Waals surface area contributed by atoms with Crippen molar-refractivity contribution >= 4 is 28.9 Å². The number of hydrogen-bond donors (Lipinski definition) is 3. The number of nitrogens with two attached hydrogens (primary N) is 1. The number of amides is 1. The van der Waals surface area contributed by atoms with Crippen LogP contribution in [0.3, 0.4) is 0 Å². The largest absolute Gasteiger partial charge is 0.508 e. The van der Waals surface area contributed by atoms with Gasteiger partial charge in [-0.25, -0.2) is 4.39 Å². The van der Waals surface area contributed by atoms with Crippen molar-refractivity contribution < 1.29 is 14.3 Å². The average Bonchev–Trinajstić information content (AvgIpc) is 2.35. The van der Waals surface area contributed by atoms with Gasteiger partial charge in [-0.15, -0.1) is 0 Å². The van der Waals surface area contributed by atoms with Gasteiger partial charge in [0.15, 0.2) is 0 Å². The van der Waals surface area contributed by atoms with Crippen molar-refractivity contribution in [1.29, 1.82) is 0 Å². The fourth-order valence-corrected chi connectivity index (χ4v) is 1.71. The lowest BCUT2D eigenvalue weighted by atomic mass is 10.2. The molecule has 0 aliphatic rings.